The molecule has 3 atom stereocenters. The van der Waals surface area contributed by atoms with Crippen LogP contribution in [0.5, 0.6) is 0 Å². The standard InChI is InChI=1S/C5H10N2O3/c6-2-1-7-3(4(2)8)5(9)10/h2-4,7-8H,1,6H2,(H,9,10)/t2-,3+,4+/m1/s1. The maximum atomic E-state index is 10.3. The molecule has 1 heterocycles. The van der Waals surface area contributed by atoms with Gasteiger partial charge in [-0.25, -0.2) is 0 Å². The Hall–Kier alpha value is -0.650. The van der Waals surface area contributed by atoms with Gasteiger partial charge in [0.1, 0.15) is 6.04 Å². The number of hydrogen-bond donors (Lipinski definition) is 4. The van der Waals surface area contributed by atoms with Gasteiger partial charge in [-0.1, -0.05) is 0 Å². The number of rotatable bonds is 1. The lowest BCUT2D eigenvalue weighted by Gasteiger charge is -2.10. The second-order valence-corrected chi connectivity index (χ2v) is 2.38. The van der Waals surface area contributed by atoms with Crippen molar-refractivity contribution in [1.82, 2.24) is 5.32 Å². The first-order chi connectivity index (χ1) is 4.63. The first-order valence-electron chi connectivity index (χ1n) is 3.03. The Morgan fingerprint density at radius 3 is 2.50 bits per heavy atom. The van der Waals surface area contributed by atoms with Crippen LogP contribution in [0.15, 0.2) is 0 Å². The van der Waals surface area contributed by atoms with Crippen LogP contribution in [0.2, 0.25) is 0 Å². The molecule has 1 fully saturated rings. The first-order valence-corrected chi connectivity index (χ1v) is 3.03. The number of hydrogen-bond acceptors (Lipinski definition) is 4. The van der Waals surface area contributed by atoms with Crippen LogP contribution in [0.4, 0.5) is 0 Å². The number of aliphatic hydroxyl groups is 1. The molecule has 0 unspecified atom stereocenters. The fourth-order valence-electron chi connectivity index (χ4n) is 0.985. The van der Waals surface area contributed by atoms with E-state index in [1.165, 1.54) is 0 Å². The molecule has 0 bridgehead atoms. The van der Waals surface area contributed by atoms with Crippen molar-refractivity contribution >= 4 is 5.97 Å². The lowest BCUT2D eigenvalue weighted by atomic mass is 10.1. The van der Waals surface area contributed by atoms with Crippen LogP contribution in [0.25, 0.3) is 0 Å². The van der Waals surface area contributed by atoms with Crippen molar-refractivity contribution in [3.63, 3.8) is 0 Å². The summed E-state index contributed by atoms with van der Waals surface area (Å²) in [5, 5.41) is 20.1. The summed E-state index contributed by atoms with van der Waals surface area (Å²) in [5.41, 5.74) is 5.33. The van der Waals surface area contributed by atoms with E-state index in [2.05, 4.69) is 5.32 Å². The quantitative estimate of drug-likeness (QED) is 0.334. The van der Waals surface area contributed by atoms with Gasteiger partial charge >= 0.3 is 5.97 Å². The van der Waals surface area contributed by atoms with Crippen LogP contribution in [0, 0.1) is 0 Å². The molecule has 58 valence electrons. The Bertz CT molecular complexity index is 150. The van der Waals surface area contributed by atoms with Gasteiger partial charge in [0, 0.05) is 12.6 Å². The average molecular weight is 146 g/mol. The molecule has 0 amide bonds. The number of aliphatic hydroxyl groups excluding tert-OH is 1. The highest BCUT2D eigenvalue weighted by Gasteiger charge is 2.36. The second kappa shape index (κ2) is 2.53. The van der Waals surface area contributed by atoms with E-state index in [0.717, 1.165) is 0 Å². The molecule has 0 aromatic rings. The SMILES string of the molecule is N[C@@H]1CN[C@H](C(=O)O)[C@H]1O. The smallest absolute Gasteiger partial charge is 0.323 e. The zero-order valence-corrected chi connectivity index (χ0v) is 5.32. The molecule has 5 N–H and O–H groups in total. The van der Waals surface area contributed by atoms with Gasteiger partial charge in [0.15, 0.2) is 0 Å². The van der Waals surface area contributed by atoms with Gasteiger partial charge in [0.25, 0.3) is 0 Å². The fourth-order valence-corrected chi connectivity index (χ4v) is 0.985. The van der Waals surface area contributed by atoms with E-state index >= 15 is 0 Å². The molecule has 5 heteroatoms. The monoisotopic (exact) mass is 146 g/mol. The first kappa shape index (κ1) is 7.46. The molecule has 10 heavy (non-hydrogen) atoms. The summed E-state index contributed by atoms with van der Waals surface area (Å²) in [5.74, 6) is -1.06. The molecule has 5 nitrogen and oxygen atoms in total. The van der Waals surface area contributed by atoms with E-state index in [1.54, 1.807) is 0 Å². The molecule has 0 aromatic carbocycles. The van der Waals surface area contributed by atoms with Crippen molar-refractivity contribution in [2.75, 3.05) is 6.54 Å². The summed E-state index contributed by atoms with van der Waals surface area (Å²) >= 11 is 0. The topological polar surface area (TPSA) is 95.6 Å². The maximum Gasteiger partial charge on any atom is 0.323 e. The summed E-state index contributed by atoms with van der Waals surface area (Å²) in [6.07, 6.45) is -0.961. The Morgan fingerprint density at radius 1 is 1.70 bits per heavy atom. The van der Waals surface area contributed by atoms with E-state index in [4.69, 9.17) is 15.9 Å². The molecule has 1 aliphatic rings. The predicted molar refractivity (Wildman–Crippen MR) is 33.4 cm³/mol. The predicted octanol–water partition coefficient (Wildman–Crippen LogP) is -2.27. The summed E-state index contributed by atoms with van der Waals surface area (Å²) in [6, 6.07) is -1.35. The number of aliphatic carboxylic acids is 1. The van der Waals surface area contributed by atoms with Crippen LogP contribution < -0.4 is 11.1 Å². The highest BCUT2D eigenvalue weighted by atomic mass is 16.4. The largest absolute Gasteiger partial charge is 0.480 e. The Morgan fingerprint density at radius 2 is 2.30 bits per heavy atom. The van der Waals surface area contributed by atoms with E-state index in [9.17, 15) is 4.79 Å². The van der Waals surface area contributed by atoms with Crippen LogP contribution in [-0.4, -0.2) is 40.9 Å². The second-order valence-electron chi connectivity index (χ2n) is 2.38. The highest BCUT2D eigenvalue weighted by Crippen LogP contribution is 2.05. The van der Waals surface area contributed by atoms with Gasteiger partial charge in [0.05, 0.1) is 6.10 Å². The molecular formula is C5H10N2O3. The number of nitrogens with two attached hydrogens (primary N) is 1. The van der Waals surface area contributed by atoms with Crippen molar-refractivity contribution < 1.29 is 15.0 Å². The normalized spacial score (nSPS) is 40.0. The molecule has 0 aromatic heterocycles. The van der Waals surface area contributed by atoms with E-state index in [1.807, 2.05) is 0 Å². The number of carboxylic acids is 1. The van der Waals surface area contributed by atoms with Crippen LogP contribution in [-0.2, 0) is 4.79 Å². The summed E-state index contributed by atoms with van der Waals surface area (Å²) in [7, 11) is 0. The van der Waals surface area contributed by atoms with Crippen molar-refractivity contribution in [1.29, 1.82) is 0 Å². The van der Waals surface area contributed by atoms with Gasteiger partial charge < -0.3 is 21.3 Å². The molecular weight excluding hydrogens is 136 g/mol. The fraction of sp³-hybridized carbons (Fsp3) is 0.800. The van der Waals surface area contributed by atoms with Gasteiger partial charge in [-0.2, -0.15) is 0 Å². The Balaban J connectivity index is 2.57. The minimum absolute atomic E-state index is 0.359. The summed E-state index contributed by atoms with van der Waals surface area (Å²) in [6.45, 7) is 0.359. The summed E-state index contributed by atoms with van der Waals surface area (Å²) < 4.78 is 0. The van der Waals surface area contributed by atoms with Crippen LogP contribution in [0.3, 0.4) is 0 Å². The van der Waals surface area contributed by atoms with Crippen LogP contribution in [0.1, 0.15) is 0 Å². The third-order valence-electron chi connectivity index (χ3n) is 1.62. The Labute approximate surface area is 57.8 Å². The number of nitrogens with one attached hydrogen (secondary N) is 1. The lowest BCUT2D eigenvalue weighted by molar-refractivity contribution is -0.141. The number of carbonyl (C=O) groups is 1. The molecule has 1 rings (SSSR count). The van der Waals surface area contributed by atoms with Crippen molar-refractivity contribution in [3.05, 3.63) is 0 Å². The van der Waals surface area contributed by atoms with E-state index in [-0.39, 0.29) is 0 Å². The van der Waals surface area contributed by atoms with Crippen molar-refractivity contribution in [3.8, 4) is 0 Å². The molecule has 0 aliphatic carbocycles. The van der Waals surface area contributed by atoms with Gasteiger partial charge in [-0.15, -0.1) is 0 Å². The van der Waals surface area contributed by atoms with Crippen molar-refractivity contribution in [2.45, 2.75) is 18.2 Å². The highest BCUT2D eigenvalue weighted by molar-refractivity contribution is 5.75. The van der Waals surface area contributed by atoms with E-state index in [0.29, 0.717) is 6.54 Å². The zero-order chi connectivity index (χ0) is 7.72. The summed E-state index contributed by atoms with van der Waals surface area (Å²) in [4.78, 5) is 10.3. The zero-order valence-electron chi connectivity index (χ0n) is 5.32. The van der Waals surface area contributed by atoms with E-state index < -0.39 is 24.2 Å². The molecule has 0 saturated carbocycles. The lowest BCUT2D eigenvalue weighted by Crippen LogP contribution is -2.42. The Kier molecular flexibility index (Phi) is 1.89. The minimum Gasteiger partial charge on any atom is -0.480 e. The molecule has 1 saturated heterocycles. The number of carboxylic acid groups (broad SMARTS) is 1. The minimum atomic E-state index is -1.06. The maximum absolute atomic E-state index is 10.3. The third kappa shape index (κ3) is 1.11. The van der Waals surface area contributed by atoms with Crippen LogP contribution >= 0.6 is 0 Å². The van der Waals surface area contributed by atoms with Gasteiger partial charge in [-0.3, -0.25) is 4.79 Å². The molecule has 0 radical (unpaired) electrons. The van der Waals surface area contributed by atoms with Gasteiger partial charge in [-0.05, 0) is 0 Å². The third-order valence-corrected chi connectivity index (χ3v) is 1.62. The van der Waals surface area contributed by atoms with Gasteiger partial charge in [0.2, 0.25) is 0 Å². The van der Waals surface area contributed by atoms with Crippen molar-refractivity contribution in [2.24, 2.45) is 5.73 Å². The average Bonchev–Trinajstić information content (AvgIpc) is 2.14. The molecule has 1 aliphatic heterocycles. The molecule has 0 spiro atoms.